The Morgan fingerprint density at radius 3 is 2.76 bits per heavy atom. The highest BCUT2D eigenvalue weighted by Gasteiger charge is 2.05. The van der Waals surface area contributed by atoms with Gasteiger partial charge in [-0.1, -0.05) is 29.8 Å². The van der Waals surface area contributed by atoms with Gasteiger partial charge in [0.1, 0.15) is 0 Å². The van der Waals surface area contributed by atoms with E-state index in [4.69, 9.17) is 4.42 Å². The van der Waals surface area contributed by atoms with Crippen LogP contribution >= 0.6 is 0 Å². The van der Waals surface area contributed by atoms with Crippen LogP contribution in [0, 0.1) is 6.92 Å². The molecule has 0 fully saturated rings. The molecule has 90 valence electrons. The maximum absolute atomic E-state index is 5.49. The smallest absolute Gasteiger partial charge is 0.230 e. The summed E-state index contributed by atoms with van der Waals surface area (Å²) >= 11 is 0. The van der Waals surface area contributed by atoms with Crippen molar-refractivity contribution < 1.29 is 4.42 Å². The van der Waals surface area contributed by atoms with Crippen molar-refractivity contribution in [3.63, 3.8) is 0 Å². The van der Waals surface area contributed by atoms with Gasteiger partial charge in [-0.15, -0.1) is 10.2 Å². The number of nitrogens with zero attached hydrogens (tertiary/aromatic N) is 2. The molecule has 0 atom stereocenters. The summed E-state index contributed by atoms with van der Waals surface area (Å²) in [5.74, 6) is 1.35. The largest absolute Gasteiger partial charge is 0.424 e. The normalized spacial score (nSPS) is 10.7. The van der Waals surface area contributed by atoms with Crippen LogP contribution in [0.5, 0.6) is 0 Å². The van der Waals surface area contributed by atoms with E-state index >= 15 is 0 Å². The average molecular weight is 231 g/mol. The first kappa shape index (κ1) is 11.8. The molecule has 0 aliphatic heterocycles. The molecule has 0 bridgehead atoms. The van der Waals surface area contributed by atoms with E-state index in [1.54, 1.807) is 0 Å². The molecule has 2 aromatic rings. The Balaban J connectivity index is 1.93. The number of hydrogen-bond donors (Lipinski definition) is 1. The number of rotatable bonds is 5. The number of aromatic nitrogens is 2. The van der Waals surface area contributed by atoms with Crippen LogP contribution in [0.25, 0.3) is 0 Å². The molecule has 1 N–H and O–H groups in total. The van der Waals surface area contributed by atoms with Gasteiger partial charge in [0.05, 0.1) is 6.54 Å². The first-order valence-electron chi connectivity index (χ1n) is 5.79. The predicted molar refractivity (Wildman–Crippen MR) is 65.6 cm³/mol. The molecule has 4 nitrogen and oxygen atoms in total. The van der Waals surface area contributed by atoms with E-state index in [2.05, 4.69) is 46.7 Å². The van der Waals surface area contributed by atoms with E-state index in [1.165, 1.54) is 11.1 Å². The lowest BCUT2D eigenvalue weighted by molar-refractivity contribution is 0.439. The minimum atomic E-state index is 0.622. The summed E-state index contributed by atoms with van der Waals surface area (Å²) < 4.78 is 5.49. The van der Waals surface area contributed by atoms with E-state index in [1.807, 2.05) is 7.05 Å². The molecule has 1 heterocycles. The van der Waals surface area contributed by atoms with Gasteiger partial charge in [0.25, 0.3) is 0 Å². The van der Waals surface area contributed by atoms with E-state index in [9.17, 15) is 0 Å². The van der Waals surface area contributed by atoms with Crippen LogP contribution in [0.1, 0.15) is 22.9 Å². The van der Waals surface area contributed by atoms with Gasteiger partial charge in [-0.2, -0.15) is 0 Å². The highest BCUT2D eigenvalue weighted by molar-refractivity contribution is 5.22. The summed E-state index contributed by atoms with van der Waals surface area (Å²) in [5, 5.41) is 11.0. The van der Waals surface area contributed by atoms with Gasteiger partial charge in [0.2, 0.25) is 11.8 Å². The van der Waals surface area contributed by atoms with Crippen LogP contribution in [-0.2, 0) is 19.4 Å². The molecule has 0 radical (unpaired) electrons. The molecule has 2 rings (SSSR count). The van der Waals surface area contributed by atoms with Crippen LogP contribution < -0.4 is 5.32 Å². The Hall–Kier alpha value is -1.68. The number of benzene rings is 1. The lowest BCUT2D eigenvalue weighted by atomic mass is 10.1. The van der Waals surface area contributed by atoms with Crippen LogP contribution in [0.3, 0.4) is 0 Å². The van der Waals surface area contributed by atoms with Crippen LogP contribution in [0.4, 0.5) is 0 Å². The van der Waals surface area contributed by atoms with E-state index in [0.29, 0.717) is 18.3 Å². The first-order valence-corrected chi connectivity index (χ1v) is 5.79. The summed E-state index contributed by atoms with van der Waals surface area (Å²) in [6, 6.07) is 8.48. The van der Waals surface area contributed by atoms with Crippen LogP contribution in [-0.4, -0.2) is 17.2 Å². The molecule has 0 spiro atoms. The van der Waals surface area contributed by atoms with Gasteiger partial charge in [0, 0.05) is 6.42 Å². The van der Waals surface area contributed by atoms with Gasteiger partial charge < -0.3 is 9.73 Å². The Kier molecular flexibility index (Phi) is 3.88. The second kappa shape index (κ2) is 5.59. The summed E-state index contributed by atoms with van der Waals surface area (Å²) in [6.07, 6.45) is 1.73. The molecule has 17 heavy (non-hydrogen) atoms. The second-order valence-electron chi connectivity index (χ2n) is 4.11. The molecular formula is C13H17N3O. The average Bonchev–Trinajstić information content (AvgIpc) is 2.75. The van der Waals surface area contributed by atoms with Crippen LogP contribution in [0.15, 0.2) is 28.7 Å². The molecule has 1 aromatic heterocycles. The SMILES string of the molecule is CNCc1nnc(CCc2cccc(C)c2)o1. The lowest BCUT2D eigenvalue weighted by Gasteiger charge is -1.99. The highest BCUT2D eigenvalue weighted by Crippen LogP contribution is 2.08. The zero-order chi connectivity index (χ0) is 12.1. The summed E-state index contributed by atoms with van der Waals surface area (Å²) in [4.78, 5) is 0. The van der Waals surface area contributed by atoms with Crippen molar-refractivity contribution in [2.45, 2.75) is 26.3 Å². The molecule has 0 saturated carbocycles. The van der Waals surface area contributed by atoms with E-state index in [0.717, 1.165) is 12.8 Å². The van der Waals surface area contributed by atoms with Gasteiger partial charge in [-0.05, 0) is 26.0 Å². The molecule has 0 unspecified atom stereocenters. The predicted octanol–water partition coefficient (Wildman–Crippen LogP) is 1.88. The third-order valence-electron chi connectivity index (χ3n) is 2.55. The Labute approximate surface area is 101 Å². The molecular weight excluding hydrogens is 214 g/mol. The van der Waals surface area contributed by atoms with Crippen molar-refractivity contribution in [1.29, 1.82) is 0 Å². The topological polar surface area (TPSA) is 51.0 Å². The Bertz CT molecular complexity index is 479. The Morgan fingerprint density at radius 1 is 1.18 bits per heavy atom. The van der Waals surface area contributed by atoms with Crippen LogP contribution in [0.2, 0.25) is 0 Å². The molecule has 0 aliphatic carbocycles. The highest BCUT2D eigenvalue weighted by atomic mass is 16.4. The van der Waals surface area contributed by atoms with Crippen molar-refractivity contribution in [3.05, 3.63) is 47.2 Å². The van der Waals surface area contributed by atoms with Crippen molar-refractivity contribution in [2.75, 3.05) is 7.05 Å². The standard InChI is InChI=1S/C13H17N3O/c1-10-4-3-5-11(8-10)6-7-12-15-16-13(17-12)9-14-2/h3-5,8,14H,6-7,9H2,1-2H3. The monoisotopic (exact) mass is 231 g/mol. The van der Waals surface area contributed by atoms with Gasteiger partial charge in [-0.25, -0.2) is 0 Å². The number of hydrogen-bond acceptors (Lipinski definition) is 4. The molecule has 0 aliphatic rings. The third-order valence-corrected chi connectivity index (χ3v) is 2.55. The third kappa shape index (κ3) is 3.39. The molecule has 4 heteroatoms. The van der Waals surface area contributed by atoms with Gasteiger partial charge in [-0.3, -0.25) is 0 Å². The fraction of sp³-hybridized carbons (Fsp3) is 0.385. The van der Waals surface area contributed by atoms with Crippen molar-refractivity contribution in [3.8, 4) is 0 Å². The maximum atomic E-state index is 5.49. The van der Waals surface area contributed by atoms with Gasteiger partial charge >= 0.3 is 0 Å². The van der Waals surface area contributed by atoms with Crippen molar-refractivity contribution in [2.24, 2.45) is 0 Å². The van der Waals surface area contributed by atoms with Crippen molar-refractivity contribution >= 4 is 0 Å². The summed E-state index contributed by atoms with van der Waals surface area (Å²) in [7, 11) is 1.86. The van der Waals surface area contributed by atoms with Gasteiger partial charge in [0.15, 0.2) is 0 Å². The molecule has 1 aromatic carbocycles. The molecule has 0 amide bonds. The molecule has 0 saturated heterocycles. The summed E-state index contributed by atoms with van der Waals surface area (Å²) in [6.45, 7) is 2.72. The van der Waals surface area contributed by atoms with E-state index < -0.39 is 0 Å². The van der Waals surface area contributed by atoms with Crippen molar-refractivity contribution in [1.82, 2.24) is 15.5 Å². The fourth-order valence-electron chi connectivity index (χ4n) is 1.73. The summed E-state index contributed by atoms with van der Waals surface area (Å²) in [5.41, 5.74) is 2.59. The maximum Gasteiger partial charge on any atom is 0.230 e. The zero-order valence-electron chi connectivity index (χ0n) is 10.2. The minimum Gasteiger partial charge on any atom is -0.424 e. The number of nitrogens with one attached hydrogen (secondary N) is 1. The minimum absolute atomic E-state index is 0.622. The first-order chi connectivity index (χ1) is 8.28. The lowest BCUT2D eigenvalue weighted by Crippen LogP contribution is -2.04. The fourth-order valence-corrected chi connectivity index (χ4v) is 1.73. The second-order valence-corrected chi connectivity index (χ2v) is 4.11. The zero-order valence-corrected chi connectivity index (χ0v) is 10.2. The Morgan fingerprint density at radius 2 is 2.00 bits per heavy atom. The quantitative estimate of drug-likeness (QED) is 0.853. The van der Waals surface area contributed by atoms with E-state index in [-0.39, 0.29) is 0 Å². The number of aryl methyl sites for hydroxylation is 3.